The fourth-order valence-corrected chi connectivity index (χ4v) is 7.62. The lowest BCUT2D eigenvalue weighted by atomic mass is 9.65. The minimum absolute atomic E-state index is 0.117. The number of hydrogen-bond donors (Lipinski definition) is 0. The minimum Gasteiger partial charge on any atom is -0.257 e. The molecule has 3 aromatic rings. The van der Waals surface area contributed by atoms with Gasteiger partial charge in [-0.3, -0.25) is 9.98 Å². The van der Waals surface area contributed by atoms with Crippen molar-refractivity contribution in [3.8, 4) is 0 Å². The van der Waals surface area contributed by atoms with E-state index in [4.69, 9.17) is 9.98 Å². The zero-order chi connectivity index (χ0) is 31.2. The highest BCUT2D eigenvalue weighted by Gasteiger charge is 2.50. The zero-order valence-electron chi connectivity index (χ0n) is 27.8. The van der Waals surface area contributed by atoms with E-state index in [0.29, 0.717) is 11.8 Å². The van der Waals surface area contributed by atoms with Gasteiger partial charge in [-0.05, 0) is 59.2 Å². The number of aliphatic imine (C=N–C) groups is 2. The van der Waals surface area contributed by atoms with E-state index in [0.717, 1.165) is 22.5 Å². The van der Waals surface area contributed by atoms with Gasteiger partial charge in [-0.25, -0.2) is 0 Å². The second-order valence-corrected chi connectivity index (χ2v) is 13.3. The Morgan fingerprint density at radius 3 is 1.78 bits per heavy atom. The molecule has 2 atom stereocenters. The van der Waals surface area contributed by atoms with Crippen molar-refractivity contribution in [1.29, 1.82) is 0 Å². The Kier molecular flexibility index (Phi) is 12.6. The van der Waals surface area contributed by atoms with E-state index in [-0.39, 0.29) is 5.41 Å². The highest BCUT2D eigenvalue weighted by molar-refractivity contribution is 5.82. The molecule has 0 aliphatic heterocycles. The van der Waals surface area contributed by atoms with E-state index < -0.39 is 0 Å². The number of allylic oxidation sites excluding steroid dienone is 3. The van der Waals surface area contributed by atoms with Crippen LogP contribution in [0.5, 0.6) is 0 Å². The van der Waals surface area contributed by atoms with Crippen LogP contribution in [0.2, 0.25) is 0 Å². The van der Waals surface area contributed by atoms with E-state index in [2.05, 4.69) is 111 Å². The molecule has 0 heterocycles. The molecule has 2 unspecified atom stereocenters. The Bertz CT molecular complexity index is 1410. The van der Waals surface area contributed by atoms with Crippen molar-refractivity contribution in [3.05, 3.63) is 125 Å². The minimum atomic E-state index is 0.117. The second-order valence-electron chi connectivity index (χ2n) is 13.3. The van der Waals surface area contributed by atoms with Crippen LogP contribution in [0, 0.1) is 5.92 Å². The third-order valence-electron chi connectivity index (χ3n) is 10.1. The van der Waals surface area contributed by atoms with Crippen molar-refractivity contribution in [2.24, 2.45) is 15.9 Å². The largest absolute Gasteiger partial charge is 0.257 e. The molecule has 236 valence electrons. The summed E-state index contributed by atoms with van der Waals surface area (Å²) in [4.78, 5) is 10.0. The number of hydrogen-bond acceptors (Lipinski definition) is 2. The van der Waals surface area contributed by atoms with Crippen molar-refractivity contribution in [3.63, 3.8) is 0 Å². The van der Waals surface area contributed by atoms with Gasteiger partial charge < -0.3 is 0 Å². The number of fused-ring (bicyclic) bond motifs is 3. The molecule has 5 rings (SSSR count). The van der Waals surface area contributed by atoms with Crippen LogP contribution < -0.4 is 0 Å². The Balaban J connectivity index is 1.48. The van der Waals surface area contributed by atoms with Gasteiger partial charge in [-0.1, -0.05) is 170 Å². The summed E-state index contributed by atoms with van der Waals surface area (Å²) in [6.45, 7) is 4.62. The predicted octanol–water partition coefficient (Wildman–Crippen LogP) is 12.5. The first-order valence-electron chi connectivity index (χ1n) is 18.0. The third kappa shape index (κ3) is 8.81. The van der Waals surface area contributed by atoms with Crippen molar-refractivity contribution in [2.45, 2.75) is 115 Å². The van der Waals surface area contributed by atoms with E-state index in [1.165, 1.54) is 95.5 Å². The lowest BCUT2D eigenvalue weighted by Crippen LogP contribution is -2.33. The SMILES string of the molecule is CCCCCCCCC1(CCCCCCCC)c2cc(N=Cc3ccccc3)ccc2C2C=CC(N=Cc3ccccc3)=CC21. The van der Waals surface area contributed by atoms with Crippen molar-refractivity contribution >= 4 is 18.1 Å². The van der Waals surface area contributed by atoms with Gasteiger partial charge in [-0.15, -0.1) is 0 Å². The lowest BCUT2D eigenvalue weighted by Gasteiger charge is -2.38. The number of unbranched alkanes of at least 4 members (excludes halogenated alkanes) is 10. The molecule has 0 amide bonds. The molecule has 2 nitrogen and oxygen atoms in total. The van der Waals surface area contributed by atoms with Gasteiger partial charge >= 0.3 is 0 Å². The van der Waals surface area contributed by atoms with Gasteiger partial charge in [-0.2, -0.15) is 0 Å². The first kappa shape index (κ1) is 32.9. The predicted molar refractivity (Wildman–Crippen MR) is 195 cm³/mol. The van der Waals surface area contributed by atoms with E-state index in [9.17, 15) is 0 Å². The fourth-order valence-electron chi connectivity index (χ4n) is 7.62. The zero-order valence-corrected chi connectivity index (χ0v) is 27.8. The number of rotatable bonds is 18. The lowest BCUT2D eigenvalue weighted by molar-refractivity contribution is 0.263. The molecule has 2 heteroatoms. The topological polar surface area (TPSA) is 24.7 Å². The molecule has 0 saturated heterocycles. The summed E-state index contributed by atoms with van der Waals surface area (Å²) in [6, 6.07) is 28.0. The van der Waals surface area contributed by atoms with Crippen LogP contribution in [0.4, 0.5) is 5.69 Å². The molecule has 2 aliphatic rings. The smallest absolute Gasteiger partial charge is 0.0633 e. The number of benzene rings is 3. The average Bonchev–Trinajstić information content (AvgIpc) is 3.35. The molecule has 0 fully saturated rings. The molecular formula is C43H54N2. The van der Waals surface area contributed by atoms with E-state index in [1.807, 2.05) is 12.4 Å². The van der Waals surface area contributed by atoms with Crippen molar-refractivity contribution in [2.75, 3.05) is 0 Å². The monoisotopic (exact) mass is 598 g/mol. The average molecular weight is 599 g/mol. The summed E-state index contributed by atoms with van der Waals surface area (Å²) in [7, 11) is 0. The van der Waals surface area contributed by atoms with Crippen LogP contribution in [0.3, 0.4) is 0 Å². The Hall–Kier alpha value is -3.52. The maximum absolute atomic E-state index is 5.01. The summed E-state index contributed by atoms with van der Waals surface area (Å²) < 4.78 is 0. The molecule has 2 aliphatic carbocycles. The Labute approximate surface area is 273 Å². The molecular weight excluding hydrogens is 544 g/mol. The maximum atomic E-state index is 5.01. The molecule has 0 saturated carbocycles. The van der Waals surface area contributed by atoms with Crippen molar-refractivity contribution < 1.29 is 0 Å². The molecule has 0 radical (unpaired) electrons. The normalized spacial score (nSPS) is 18.4. The molecule has 45 heavy (non-hydrogen) atoms. The molecule has 3 aromatic carbocycles. The van der Waals surface area contributed by atoms with E-state index >= 15 is 0 Å². The van der Waals surface area contributed by atoms with Crippen LogP contribution in [0.15, 0.2) is 113 Å². The van der Waals surface area contributed by atoms with Crippen molar-refractivity contribution in [1.82, 2.24) is 0 Å². The quantitative estimate of drug-likeness (QED) is 0.103. The molecule has 0 spiro atoms. The van der Waals surface area contributed by atoms with Gasteiger partial charge in [0.2, 0.25) is 0 Å². The summed E-state index contributed by atoms with van der Waals surface area (Å²) in [5.41, 5.74) is 7.64. The molecule has 0 N–H and O–H groups in total. The highest BCUT2D eigenvalue weighted by atomic mass is 14.7. The summed E-state index contributed by atoms with van der Waals surface area (Å²) in [6.07, 6.45) is 29.8. The first-order valence-corrected chi connectivity index (χ1v) is 18.0. The van der Waals surface area contributed by atoms with Gasteiger partial charge in [0.05, 0.1) is 11.4 Å². The highest BCUT2D eigenvalue weighted by Crippen LogP contribution is 2.59. The Morgan fingerprint density at radius 2 is 1.18 bits per heavy atom. The van der Waals surface area contributed by atoms with Crippen LogP contribution in [-0.4, -0.2) is 12.4 Å². The van der Waals surface area contributed by atoms with Gasteiger partial charge in [0.1, 0.15) is 0 Å². The number of nitrogens with zero attached hydrogens (tertiary/aromatic N) is 2. The summed E-state index contributed by atoms with van der Waals surface area (Å²) in [5, 5.41) is 0. The third-order valence-corrected chi connectivity index (χ3v) is 10.1. The Morgan fingerprint density at radius 1 is 0.622 bits per heavy atom. The van der Waals surface area contributed by atoms with E-state index in [1.54, 1.807) is 5.56 Å². The summed E-state index contributed by atoms with van der Waals surface area (Å²) in [5.74, 6) is 0.836. The standard InChI is InChI=1S/C43H54N2/c1-3-5-7-9-11-19-29-43(30-20-12-10-8-6-4-2)41-31-37(44-33-35-21-15-13-16-22-35)25-27-39(41)40-28-26-38(32-42(40)43)45-34-36-23-17-14-18-24-36/h13-18,21-28,31-34,39,41H,3-12,19-20,29-30H2,1-2H3. The summed E-state index contributed by atoms with van der Waals surface area (Å²) >= 11 is 0. The first-order chi connectivity index (χ1) is 22.2. The van der Waals surface area contributed by atoms with Gasteiger partial charge in [0.25, 0.3) is 0 Å². The van der Waals surface area contributed by atoms with Crippen LogP contribution in [-0.2, 0) is 5.41 Å². The van der Waals surface area contributed by atoms with Gasteiger partial charge in [0, 0.05) is 23.8 Å². The molecule has 0 bridgehead atoms. The van der Waals surface area contributed by atoms with Crippen LogP contribution in [0.25, 0.3) is 0 Å². The van der Waals surface area contributed by atoms with Crippen LogP contribution >= 0.6 is 0 Å². The van der Waals surface area contributed by atoms with Gasteiger partial charge in [0.15, 0.2) is 0 Å². The van der Waals surface area contributed by atoms with Crippen LogP contribution in [0.1, 0.15) is 132 Å². The maximum Gasteiger partial charge on any atom is 0.0633 e. The molecule has 0 aromatic heterocycles. The second kappa shape index (κ2) is 17.2. The fraction of sp³-hybridized carbons (Fsp3) is 0.442.